The lowest BCUT2D eigenvalue weighted by molar-refractivity contribution is 0.0992. The van der Waals surface area contributed by atoms with Gasteiger partial charge in [-0.1, -0.05) is 33.6 Å². The van der Waals surface area contributed by atoms with E-state index in [-0.39, 0.29) is 0 Å². The highest BCUT2D eigenvalue weighted by Gasteiger charge is 2.39. The fourth-order valence-corrected chi connectivity index (χ4v) is 5.61. The molecule has 0 saturated heterocycles. The van der Waals surface area contributed by atoms with Crippen molar-refractivity contribution in [2.75, 3.05) is 6.54 Å². The van der Waals surface area contributed by atoms with E-state index in [2.05, 4.69) is 55.0 Å². The molecule has 2 rings (SSSR count). The van der Waals surface area contributed by atoms with E-state index in [4.69, 9.17) is 0 Å². The van der Waals surface area contributed by atoms with Crippen molar-refractivity contribution in [3.05, 3.63) is 20.3 Å². The molecular weight excluding hydrogens is 330 g/mol. The van der Waals surface area contributed by atoms with Crippen LogP contribution in [0.4, 0.5) is 0 Å². The summed E-state index contributed by atoms with van der Waals surface area (Å²) in [7, 11) is 0. The molecule has 0 amide bonds. The highest BCUT2D eigenvalue weighted by Crippen LogP contribution is 2.49. The zero-order chi connectivity index (χ0) is 14.8. The summed E-state index contributed by atoms with van der Waals surface area (Å²) in [5.41, 5.74) is 0.445. The van der Waals surface area contributed by atoms with Gasteiger partial charge in [-0.15, -0.1) is 11.3 Å². The van der Waals surface area contributed by atoms with Gasteiger partial charge in [-0.05, 0) is 66.1 Å². The summed E-state index contributed by atoms with van der Waals surface area (Å²) in [6.45, 7) is 10.5. The van der Waals surface area contributed by atoms with Crippen molar-refractivity contribution in [2.45, 2.75) is 65.8 Å². The average Bonchev–Trinajstić information content (AvgIpc) is 2.70. The molecule has 1 aromatic rings. The standard InChI is InChI=1S/C17H28BrNS/c1-5-10-19-15(16-14(18)11-12(2)20-16)13-8-6-7-9-17(13,3)4/h11,13,15,19H,5-10H2,1-4H3. The smallest absolute Gasteiger partial charge is 0.0460 e. The first kappa shape index (κ1) is 16.5. The Morgan fingerprint density at radius 1 is 1.45 bits per heavy atom. The van der Waals surface area contributed by atoms with Gasteiger partial charge >= 0.3 is 0 Å². The van der Waals surface area contributed by atoms with E-state index in [1.807, 2.05) is 11.3 Å². The minimum Gasteiger partial charge on any atom is -0.309 e. The van der Waals surface area contributed by atoms with E-state index in [1.165, 1.54) is 46.3 Å². The first-order chi connectivity index (χ1) is 9.45. The molecule has 20 heavy (non-hydrogen) atoms. The third kappa shape index (κ3) is 3.66. The lowest BCUT2D eigenvalue weighted by Gasteiger charge is -2.43. The van der Waals surface area contributed by atoms with Crippen molar-refractivity contribution in [2.24, 2.45) is 11.3 Å². The number of aryl methyl sites for hydroxylation is 1. The molecule has 1 saturated carbocycles. The van der Waals surface area contributed by atoms with Crippen LogP contribution in [-0.4, -0.2) is 6.54 Å². The predicted octanol–water partition coefficient (Wildman–Crippen LogP) is 6.08. The Hall–Kier alpha value is 0.140. The summed E-state index contributed by atoms with van der Waals surface area (Å²) in [5.74, 6) is 0.747. The van der Waals surface area contributed by atoms with Crippen LogP contribution in [0, 0.1) is 18.3 Å². The minimum absolute atomic E-state index is 0.445. The highest BCUT2D eigenvalue weighted by molar-refractivity contribution is 9.10. The predicted molar refractivity (Wildman–Crippen MR) is 93.5 cm³/mol. The zero-order valence-corrected chi connectivity index (χ0v) is 15.7. The molecule has 1 nitrogen and oxygen atoms in total. The average molecular weight is 358 g/mol. The van der Waals surface area contributed by atoms with Gasteiger partial charge in [0.1, 0.15) is 0 Å². The summed E-state index contributed by atoms with van der Waals surface area (Å²) in [6.07, 6.45) is 6.71. The molecule has 0 radical (unpaired) electrons. The summed E-state index contributed by atoms with van der Waals surface area (Å²) >= 11 is 5.74. The number of thiophene rings is 1. The Bertz CT molecular complexity index is 438. The van der Waals surface area contributed by atoms with Crippen LogP contribution in [0.1, 0.15) is 68.7 Å². The van der Waals surface area contributed by atoms with E-state index in [1.54, 1.807) is 0 Å². The normalized spacial score (nSPS) is 23.8. The van der Waals surface area contributed by atoms with Gasteiger partial charge in [0.2, 0.25) is 0 Å². The second kappa shape index (κ2) is 6.93. The quantitative estimate of drug-likeness (QED) is 0.673. The monoisotopic (exact) mass is 357 g/mol. The van der Waals surface area contributed by atoms with Gasteiger partial charge in [0.25, 0.3) is 0 Å². The largest absolute Gasteiger partial charge is 0.309 e. The number of rotatable bonds is 5. The number of halogens is 1. The molecule has 1 fully saturated rings. The zero-order valence-electron chi connectivity index (χ0n) is 13.3. The van der Waals surface area contributed by atoms with E-state index in [0.29, 0.717) is 11.5 Å². The molecule has 0 bridgehead atoms. The van der Waals surface area contributed by atoms with Crippen LogP contribution in [-0.2, 0) is 0 Å². The van der Waals surface area contributed by atoms with Crippen LogP contribution in [0.15, 0.2) is 10.5 Å². The fourth-order valence-electron chi connectivity index (χ4n) is 3.57. The van der Waals surface area contributed by atoms with E-state index < -0.39 is 0 Å². The minimum atomic E-state index is 0.445. The third-order valence-electron chi connectivity index (χ3n) is 4.73. The SMILES string of the molecule is CCCNC(c1sc(C)cc1Br)C1CCCCC1(C)C. The maximum atomic E-state index is 3.85. The topological polar surface area (TPSA) is 12.0 Å². The maximum Gasteiger partial charge on any atom is 0.0460 e. The maximum absolute atomic E-state index is 3.85. The van der Waals surface area contributed by atoms with E-state index >= 15 is 0 Å². The second-order valence-electron chi connectivity index (χ2n) is 6.84. The van der Waals surface area contributed by atoms with Gasteiger partial charge in [-0.2, -0.15) is 0 Å². The lowest BCUT2D eigenvalue weighted by Crippen LogP contribution is -2.39. The van der Waals surface area contributed by atoms with Crippen molar-refractivity contribution in [3.63, 3.8) is 0 Å². The van der Waals surface area contributed by atoms with Crippen molar-refractivity contribution >= 4 is 27.3 Å². The molecule has 1 heterocycles. The Labute approximate surface area is 136 Å². The molecule has 3 heteroatoms. The molecule has 2 atom stereocenters. The number of nitrogens with one attached hydrogen (secondary N) is 1. The molecular formula is C17H28BrNS. The lowest BCUT2D eigenvalue weighted by atomic mass is 9.65. The summed E-state index contributed by atoms with van der Waals surface area (Å²) in [4.78, 5) is 2.92. The summed E-state index contributed by atoms with van der Waals surface area (Å²) in [6, 6.07) is 2.79. The van der Waals surface area contributed by atoms with Crippen molar-refractivity contribution in [1.29, 1.82) is 0 Å². The molecule has 0 aromatic carbocycles. The first-order valence-electron chi connectivity index (χ1n) is 7.95. The van der Waals surface area contributed by atoms with Crippen LogP contribution in [0.5, 0.6) is 0 Å². The molecule has 1 aromatic heterocycles. The number of hydrogen-bond acceptors (Lipinski definition) is 2. The highest BCUT2D eigenvalue weighted by atomic mass is 79.9. The number of hydrogen-bond donors (Lipinski definition) is 1. The summed E-state index contributed by atoms with van der Waals surface area (Å²) < 4.78 is 1.30. The first-order valence-corrected chi connectivity index (χ1v) is 9.56. The Balaban J connectivity index is 2.29. The second-order valence-corrected chi connectivity index (χ2v) is 8.98. The van der Waals surface area contributed by atoms with E-state index in [9.17, 15) is 0 Å². The van der Waals surface area contributed by atoms with E-state index in [0.717, 1.165) is 12.5 Å². The van der Waals surface area contributed by atoms with Crippen LogP contribution in [0.2, 0.25) is 0 Å². The van der Waals surface area contributed by atoms with Gasteiger partial charge in [-0.25, -0.2) is 0 Å². The van der Waals surface area contributed by atoms with Crippen LogP contribution < -0.4 is 5.32 Å². The van der Waals surface area contributed by atoms with Gasteiger partial charge in [0.05, 0.1) is 0 Å². The molecule has 1 N–H and O–H groups in total. The van der Waals surface area contributed by atoms with Crippen LogP contribution >= 0.6 is 27.3 Å². The molecule has 1 aliphatic carbocycles. The summed E-state index contributed by atoms with van der Waals surface area (Å²) in [5, 5.41) is 3.85. The van der Waals surface area contributed by atoms with Gasteiger partial charge < -0.3 is 5.32 Å². The van der Waals surface area contributed by atoms with Gasteiger partial charge in [-0.3, -0.25) is 0 Å². The Kier molecular flexibility index (Phi) is 5.72. The molecule has 1 aliphatic rings. The Morgan fingerprint density at radius 2 is 2.20 bits per heavy atom. The molecule has 114 valence electrons. The molecule has 0 spiro atoms. The van der Waals surface area contributed by atoms with Crippen molar-refractivity contribution < 1.29 is 0 Å². The third-order valence-corrected chi connectivity index (χ3v) is 6.78. The van der Waals surface area contributed by atoms with Crippen LogP contribution in [0.3, 0.4) is 0 Å². The van der Waals surface area contributed by atoms with Crippen molar-refractivity contribution in [3.8, 4) is 0 Å². The fraction of sp³-hybridized carbons (Fsp3) is 0.765. The Morgan fingerprint density at radius 3 is 2.75 bits per heavy atom. The molecule has 2 unspecified atom stereocenters. The van der Waals surface area contributed by atoms with Crippen LogP contribution in [0.25, 0.3) is 0 Å². The van der Waals surface area contributed by atoms with Crippen molar-refractivity contribution in [1.82, 2.24) is 5.32 Å². The van der Waals surface area contributed by atoms with Gasteiger partial charge in [0, 0.05) is 20.3 Å². The van der Waals surface area contributed by atoms with Gasteiger partial charge in [0.15, 0.2) is 0 Å². The molecule has 0 aliphatic heterocycles.